The quantitative estimate of drug-likeness (QED) is 0.735. The van der Waals surface area contributed by atoms with E-state index in [2.05, 4.69) is 0 Å². The number of halogens is 2. The summed E-state index contributed by atoms with van der Waals surface area (Å²) in [5, 5.41) is 1.06. The van der Waals surface area contributed by atoms with Crippen LogP contribution >= 0.6 is 23.2 Å². The molecule has 0 N–H and O–H groups in total. The van der Waals surface area contributed by atoms with Crippen LogP contribution in [0.4, 0.5) is 5.69 Å². The first-order valence-corrected chi connectivity index (χ1v) is 9.21. The Labute approximate surface area is 161 Å². The van der Waals surface area contributed by atoms with Gasteiger partial charge in [0.1, 0.15) is 5.70 Å². The second-order valence-corrected chi connectivity index (χ2v) is 7.22. The molecule has 4 rings (SSSR count). The largest absolute Gasteiger partial charge is 0.366 e. The molecule has 2 heterocycles. The molecule has 0 radical (unpaired) electrons. The predicted octanol–water partition coefficient (Wildman–Crippen LogP) is 4.37. The summed E-state index contributed by atoms with van der Waals surface area (Å²) in [7, 11) is 0. The molecular formula is C20H16Cl2N2O2. The van der Waals surface area contributed by atoms with Gasteiger partial charge in [0.05, 0.1) is 11.3 Å². The number of carbonyl (C=O) groups is 2. The van der Waals surface area contributed by atoms with Crippen molar-refractivity contribution in [3.8, 4) is 0 Å². The molecule has 0 saturated carbocycles. The lowest BCUT2D eigenvalue weighted by atomic mass is 10.0. The maximum atomic E-state index is 13.2. The van der Waals surface area contributed by atoms with Crippen molar-refractivity contribution in [1.29, 1.82) is 0 Å². The number of hydrogen-bond acceptors (Lipinski definition) is 3. The Bertz CT molecular complexity index is 916. The van der Waals surface area contributed by atoms with Crippen molar-refractivity contribution >= 4 is 46.3 Å². The summed E-state index contributed by atoms with van der Waals surface area (Å²) in [6, 6.07) is 13.8. The molecule has 2 aromatic carbocycles. The van der Waals surface area contributed by atoms with E-state index < -0.39 is 0 Å². The summed E-state index contributed by atoms with van der Waals surface area (Å²) in [6.45, 7) is 1.55. The van der Waals surface area contributed by atoms with E-state index in [-0.39, 0.29) is 11.8 Å². The first kappa shape index (κ1) is 17.1. The van der Waals surface area contributed by atoms with E-state index in [1.807, 2.05) is 4.90 Å². The fourth-order valence-corrected chi connectivity index (χ4v) is 3.79. The van der Waals surface area contributed by atoms with Crippen molar-refractivity contribution in [1.82, 2.24) is 4.90 Å². The molecule has 0 aromatic heterocycles. The number of carbonyl (C=O) groups excluding carboxylic acids is 2. The second-order valence-electron chi connectivity index (χ2n) is 6.35. The highest BCUT2D eigenvalue weighted by molar-refractivity contribution is 6.45. The van der Waals surface area contributed by atoms with E-state index in [4.69, 9.17) is 23.2 Å². The van der Waals surface area contributed by atoms with Crippen molar-refractivity contribution < 1.29 is 9.59 Å². The topological polar surface area (TPSA) is 40.6 Å². The van der Waals surface area contributed by atoms with Crippen molar-refractivity contribution in [2.24, 2.45) is 0 Å². The minimum atomic E-state index is -0.332. The number of nitrogens with zero attached hydrogens (tertiary/aromatic N) is 2. The summed E-state index contributed by atoms with van der Waals surface area (Å²) in [6.07, 6.45) is 2.02. The Kier molecular flexibility index (Phi) is 4.47. The number of amides is 2. The third-order valence-electron chi connectivity index (χ3n) is 4.68. The molecule has 0 spiro atoms. The first-order chi connectivity index (χ1) is 12.6. The summed E-state index contributed by atoms with van der Waals surface area (Å²) in [5.41, 5.74) is 2.07. The van der Waals surface area contributed by atoms with Crippen LogP contribution in [0.15, 0.2) is 54.2 Å². The Morgan fingerprint density at radius 3 is 2.15 bits per heavy atom. The Balaban J connectivity index is 1.84. The predicted molar refractivity (Wildman–Crippen MR) is 103 cm³/mol. The van der Waals surface area contributed by atoms with Gasteiger partial charge in [-0.05, 0) is 48.7 Å². The minimum absolute atomic E-state index is 0.302. The summed E-state index contributed by atoms with van der Waals surface area (Å²) < 4.78 is 0. The molecule has 0 aliphatic carbocycles. The SMILES string of the molecule is O=C1C(c2ccc(Cl)cc2)=C(N2CCCC2)C(=O)N1c1cccc(Cl)c1. The van der Waals surface area contributed by atoms with Crippen molar-refractivity contribution in [2.45, 2.75) is 12.8 Å². The summed E-state index contributed by atoms with van der Waals surface area (Å²) in [5.74, 6) is -0.634. The number of benzene rings is 2. The maximum absolute atomic E-state index is 13.2. The monoisotopic (exact) mass is 386 g/mol. The lowest BCUT2D eigenvalue weighted by Gasteiger charge is -2.20. The van der Waals surface area contributed by atoms with Crippen LogP contribution in [-0.4, -0.2) is 29.8 Å². The van der Waals surface area contributed by atoms with Gasteiger partial charge in [-0.15, -0.1) is 0 Å². The van der Waals surface area contributed by atoms with Gasteiger partial charge >= 0.3 is 0 Å². The number of imide groups is 1. The number of likely N-dealkylation sites (tertiary alicyclic amines) is 1. The van der Waals surface area contributed by atoms with Crippen LogP contribution in [0.5, 0.6) is 0 Å². The smallest absolute Gasteiger partial charge is 0.282 e. The number of hydrogen-bond donors (Lipinski definition) is 0. The molecule has 6 heteroatoms. The molecule has 0 atom stereocenters. The van der Waals surface area contributed by atoms with Gasteiger partial charge in [-0.1, -0.05) is 41.4 Å². The highest BCUT2D eigenvalue weighted by Gasteiger charge is 2.42. The molecule has 2 aliphatic heterocycles. The van der Waals surface area contributed by atoms with Crippen LogP contribution in [0, 0.1) is 0 Å². The average Bonchev–Trinajstić information content (AvgIpc) is 3.22. The van der Waals surface area contributed by atoms with Gasteiger partial charge in [0.25, 0.3) is 11.8 Å². The fourth-order valence-electron chi connectivity index (χ4n) is 3.48. The van der Waals surface area contributed by atoms with Crippen molar-refractivity contribution in [3.63, 3.8) is 0 Å². The standard InChI is InChI=1S/C20H16Cl2N2O2/c21-14-8-6-13(7-9-14)17-18(23-10-1-2-11-23)20(26)24(19(17)25)16-5-3-4-15(22)12-16/h3-9,12H,1-2,10-11H2. The van der Waals surface area contributed by atoms with Gasteiger partial charge in [-0.3, -0.25) is 9.59 Å². The van der Waals surface area contributed by atoms with Crippen LogP contribution in [-0.2, 0) is 9.59 Å². The van der Waals surface area contributed by atoms with Crippen LogP contribution in [0.1, 0.15) is 18.4 Å². The van der Waals surface area contributed by atoms with Gasteiger partial charge in [-0.2, -0.15) is 0 Å². The van der Waals surface area contributed by atoms with Gasteiger partial charge < -0.3 is 4.90 Å². The van der Waals surface area contributed by atoms with E-state index in [9.17, 15) is 9.59 Å². The van der Waals surface area contributed by atoms with E-state index in [1.165, 1.54) is 4.90 Å². The van der Waals surface area contributed by atoms with Crippen molar-refractivity contribution in [2.75, 3.05) is 18.0 Å². The minimum Gasteiger partial charge on any atom is -0.366 e. The molecule has 26 heavy (non-hydrogen) atoms. The van der Waals surface area contributed by atoms with Crippen LogP contribution in [0.2, 0.25) is 10.0 Å². The Hall–Kier alpha value is -2.30. The van der Waals surface area contributed by atoms with Gasteiger partial charge in [0, 0.05) is 23.1 Å². The molecule has 4 nitrogen and oxygen atoms in total. The lowest BCUT2D eigenvalue weighted by Crippen LogP contribution is -2.34. The maximum Gasteiger partial charge on any atom is 0.282 e. The molecule has 2 amide bonds. The van der Waals surface area contributed by atoms with E-state index in [0.29, 0.717) is 32.6 Å². The average molecular weight is 387 g/mol. The molecular weight excluding hydrogens is 371 g/mol. The molecule has 1 fully saturated rings. The molecule has 0 unspecified atom stereocenters. The van der Waals surface area contributed by atoms with E-state index >= 15 is 0 Å². The highest BCUT2D eigenvalue weighted by atomic mass is 35.5. The lowest BCUT2D eigenvalue weighted by molar-refractivity contribution is -0.120. The molecule has 2 aliphatic rings. The zero-order chi connectivity index (χ0) is 18.3. The molecule has 132 valence electrons. The van der Waals surface area contributed by atoms with Crippen LogP contribution < -0.4 is 4.90 Å². The van der Waals surface area contributed by atoms with E-state index in [0.717, 1.165) is 25.9 Å². The molecule has 1 saturated heterocycles. The fraction of sp³-hybridized carbons (Fsp3) is 0.200. The van der Waals surface area contributed by atoms with Gasteiger partial charge in [-0.25, -0.2) is 4.90 Å². The highest BCUT2D eigenvalue weighted by Crippen LogP contribution is 2.36. The van der Waals surface area contributed by atoms with Gasteiger partial charge in [0.2, 0.25) is 0 Å². The van der Waals surface area contributed by atoms with Crippen LogP contribution in [0.3, 0.4) is 0 Å². The Morgan fingerprint density at radius 1 is 0.808 bits per heavy atom. The van der Waals surface area contributed by atoms with E-state index in [1.54, 1.807) is 48.5 Å². The van der Waals surface area contributed by atoms with Crippen LogP contribution in [0.25, 0.3) is 5.57 Å². The molecule has 0 bridgehead atoms. The van der Waals surface area contributed by atoms with Crippen molar-refractivity contribution in [3.05, 3.63) is 69.8 Å². The number of rotatable bonds is 3. The third kappa shape index (κ3) is 2.89. The zero-order valence-corrected chi connectivity index (χ0v) is 15.4. The third-order valence-corrected chi connectivity index (χ3v) is 5.17. The first-order valence-electron chi connectivity index (χ1n) is 8.46. The normalized spacial score (nSPS) is 17.6. The summed E-state index contributed by atoms with van der Waals surface area (Å²) in [4.78, 5) is 29.6. The Morgan fingerprint density at radius 2 is 1.50 bits per heavy atom. The molecule has 2 aromatic rings. The van der Waals surface area contributed by atoms with Gasteiger partial charge in [0.15, 0.2) is 0 Å². The summed E-state index contributed by atoms with van der Waals surface area (Å²) >= 11 is 12.1. The zero-order valence-electron chi connectivity index (χ0n) is 13.9. The second kappa shape index (κ2) is 6.78. The number of anilines is 1.